The van der Waals surface area contributed by atoms with Crippen LogP contribution in [0.2, 0.25) is 0 Å². The first-order valence-electron chi connectivity index (χ1n) is 8.26. The summed E-state index contributed by atoms with van der Waals surface area (Å²) in [5.74, 6) is -0.0893. The third-order valence-corrected chi connectivity index (χ3v) is 5.91. The molecule has 0 bridgehead atoms. The molecule has 3 rings (SSSR count). The quantitative estimate of drug-likeness (QED) is 0.807. The molecule has 8 heteroatoms. The number of morpholine rings is 1. The lowest BCUT2D eigenvalue weighted by Crippen LogP contribution is -2.42. The summed E-state index contributed by atoms with van der Waals surface area (Å²) in [5.41, 5.74) is 0.498. The fourth-order valence-electron chi connectivity index (χ4n) is 2.95. The number of benzene rings is 1. The fraction of sp³-hybridized carbons (Fsp3) is 0.562. The number of hydrogen-bond donors (Lipinski definition) is 2. The van der Waals surface area contributed by atoms with E-state index >= 15 is 0 Å². The second kappa shape index (κ2) is 7.60. The van der Waals surface area contributed by atoms with Gasteiger partial charge in [-0.25, -0.2) is 13.1 Å². The Balaban J connectivity index is 1.67. The van der Waals surface area contributed by atoms with Gasteiger partial charge in [-0.05, 0) is 50.2 Å². The van der Waals surface area contributed by atoms with Gasteiger partial charge in [0.1, 0.15) is 0 Å². The monoisotopic (exact) mass is 353 g/mol. The Labute approximate surface area is 142 Å². The summed E-state index contributed by atoms with van der Waals surface area (Å²) in [7, 11) is -3.55. The Morgan fingerprint density at radius 1 is 1.12 bits per heavy atom. The molecule has 0 aliphatic carbocycles. The Hall–Kier alpha value is -1.48. The van der Waals surface area contributed by atoms with Gasteiger partial charge in [-0.15, -0.1) is 0 Å². The molecule has 0 aromatic heterocycles. The van der Waals surface area contributed by atoms with Crippen molar-refractivity contribution in [2.45, 2.75) is 23.8 Å². The van der Waals surface area contributed by atoms with E-state index in [1.54, 1.807) is 17.0 Å². The first-order chi connectivity index (χ1) is 11.6. The van der Waals surface area contributed by atoms with E-state index in [4.69, 9.17) is 4.74 Å². The minimum Gasteiger partial charge on any atom is -0.378 e. The van der Waals surface area contributed by atoms with E-state index in [-0.39, 0.29) is 16.8 Å². The van der Waals surface area contributed by atoms with Gasteiger partial charge in [-0.1, -0.05) is 0 Å². The zero-order valence-corrected chi connectivity index (χ0v) is 14.3. The SMILES string of the molecule is O=C(c1ccc(S(=O)(=O)NC2CCNCC2)cc1)N1CCOCC1. The van der Waals surface area contributed by atoms with Crippen molar-refractivity contribution in [3.05, 3.63) is 29.8 Å². The van der Waals surface area contributed by atoms with Crippen molar-refractivity contribution in [3.8, 4) is 0 Å². The van der Waals surface area contributed by atoms with Gasteiger partial charge in [-0.3, -0.25) is 4.79 Å². The smallest absolute Gasteiger partial charge is 0.254 e. The number of ether oxygens (including phenoxy) is 1. The molecule has 1 aromatic carbocycles. The minimum absolute atomic E-state index is 0.0362. The van der Waals surface area contributed by atoms with Gasteiger partial charge < -0.3 is 15.0 Å². The second-order valence-corrected chi connectivity index (χ2v) is 7.79. The molecule has 132 valence electrons. The molecule has 2 saturated heterocycles. The number of amides is 1. The Kier molecular flexibility index (Phi) is 5.50. The molecule has 0 unspecified atom stereocenters. The Morgan fingerprint density at radius 2 is 1.75 bits per heavy atom. The lowest BCUT2D eigenvalue weighted by molar-refractivity contribution is 0.0303. The number of nitrogens with zero attached hydrogens (tertiary/aromatic N) is 1. The number of piperidine rings is 1. The van der Waals surface area contributed by atoms with Crippen molar-refractivity contribution >= 4 is 15.9 Å². The van der Waals surface area contributed by atoms with Gasteiger partial charge in [0, 0.05) is 24.7 Å². The van der Waals surface area contributed by atoms with Crippen molar-refractivity contribution in [3.63, 3.8) is 0 Å². The van der Waals surface area contributed by atoms with Crippen LogP contribution in [0, 0.1) is 0 Å². The number of hydrogen-bond acceptors (Lipinski definition) is 5. The van der Waals surface area contributed by atoms with E-state index in [0.717, 1.165) is 25.9 Å². The van der Waals surface area contributed by atoms with E-state index in [1.165, 1.54) is 12.1 Å². The zero-order valence-electron chi connectivity index (χ0n) is 13.5. The van der Waals surface area contributed by atoms with Crippen LogP contribution in [-0.2, 0) is 14.8 Å². The van der Waals surface area contributed by atoms with Crippen LogP contribution < -0.4 is 10.0 Å². The minimum atomic E-state index is -3.55. The largest absolute Gasteiger partial charge is 0.378 e. The van der Waals surface area contributed by atoms with Crippen LogP contribution in [0.4, 0.5) is 0 Å². The topological polar surface area (TPSA) is 87.7 Å². The predicted molar refractivity (Wildman–Crippen MR) is 89.4 cm³/mol. The zero-order chi connectivity index (χ0) is 17.0. The lowest BCUT2D eigenvalue weighted by atomic mass is 10.1. The highest BCUT2D eigenvalue weighted by molar-refractivity contribution is 7.89. The molecule has 24 heavy (non-hydrogen) atoms. The maximum Gasteiger partial charge on any atom is 0.254 e. The van der Waals surface area contributed by atoms with Crippen LogP contribution in [-0.4, -0.2) is 64.7 Å². The maximum atomic E-state index is 12.4. The fourth-order valence-corrected chi connectivity index (χ4v) is 4.26. The highest BCUT2D eigenvalue weighted by Crippen LogP contribution is 2.15. The lowest BCUT2D eigenvalue weighted by Gasteiger charge is -2.27. The standard InChI is InChI=1S/C16H23N3O4S/c20-16(19-9-11-23-12-10-19)13-1-3-15(4-2-13)24(21,22)18-14-5-7-17-8-6-14/h1-4,14,17-18H,5-12H2. The van der Waals surface area contributed by atoms with Gasteiger partial charge in [0.05, 0.1) is 18.1 Å². The molecule has 0 radical (unpaired) electrons. The molecule has 0 atom stereocenters. The van der Waals surface area contributed by atoms with E-state index < -0.39 is 10.0 Å². The molecular formula is C16H23N3O4S. The van der Waals surface area contributed by atoms with E-state index in [0.29, 0.717) is 31.9 Å². The van der Waals surface area contributed by atoms with Crippen molar-refractivity contribution in [2.24, 2.45) is 0 Å². The third kappa shape index (κ3) is 4.13. The third-order valence-electron chi connectivity index (χ3n) is 4.37. The Bertz CT molecular complexity index is 663. The van der Waals surface area contributed by atoms with E-state index in [2.05, 4.69) is 10.0 Å². The highest BCUT2D eigenvalue weighted by atomic mass is 32.2. The van der Waals surface area contributed by atoms with Crippen LogP contribution in [0.3, 0.4) is 0 Å². The van der Waals surface area contributed by atoms with Crippen molar-refractivity contribution < 1.29 is 17.9 Å². The van der Waals surface area contributed by atoms with Crippen molar-refractivity contribution in [1.29, 1.82) is 0 Å². The van der Waals surface area contributed by atoms with Crippen molar-refractivity contribution in [1.82, 2.24) is 14.9 Å². The average molecular weight is 353 g/mol. The molecule has 1 aromatic rings. The first kappa shape index (κ1) is 17.3. The van der Waals surface area contributed by atoms with Gasteiger partial charge in [0.25, 0.3) is 5.91 Å². The highest BCUT2D eigenvalue weighted by Gasteiger charge is 2.23. The molecule has 2 aliphatic heterocycles. The maximum absolute atomic E-state index is 12.4. The van der Waals surface area contributed by atoms with E-state index in [1.807, 2.05) is 0 Å². The Morgan fingerprint density at radius 3 is 2.38 bits per heavy atom. The van der Waals surface area contributed by atoms with Gasteiger partial charge >= 0.3 is 0 Å². The number of sulfonamides is 1. The summed E-state index contributed by atoms with van der Waals surface area (Å²) >= 11 is 0. The molecule has 0 spiro atoms. The molecule has 7 nitrogen and oxygen atoms in total. The summed E-state index contributed by atoms with van der Waals surface area (Å²) in [5, 5.41) is 3.21. The van der Waals surface area contributed by atoms with Gasteiger partial charge in [0.15, 0.2) is 0 Å². The summed E-state index contributed by atoms with van der Waals surface area (Å²) in [6.07, 6.45) is 1.57. The van der Waals surface area contributed by atoms with Crippen LogP contribution >= 0.6 is 0 Å². The molecule has 2 aliphatic rings. The number of nitrogens with one attached hydrogen (secondary N) is 2. The van der Waals surface area contributed by atoms with Crippen LogP contribution in [0.15, 0.2) is 29.2 Å². The van der Waals surface area contributed by atoms with Crippen LogP contribution in [0.25, 0.3) is 0 Å². The molecule has 2 heterocycles. The predicted octanol–water partition coefficient (Wildman–Crippen LogP) is 0.189. The van der Waals surface area contributed by atoms with Crippen LogP contribution in [0.1, 0.15) is 23.2 Å². The van der Waals surface area contributed by atoms with E-state index in [9.17, 15) is 13.2 Å². The number of carbonyl (C=O) groups excluding carboxylic acids is 1. The summed E-state index contributed by atoms with van der Waals surface area (Å²) in [4.78, 5) is 14.3. The molecule has 2 N–H and O–H groups in total. The number of carbonyl (C=O) groups is 1. The number of rotatable bonds is 4. The molecule has 2 fully saturated rings. The first-order valence-corrected chi connectivity index (χ1v) is 9.75. The van der Waals surface area contributed by atoms with Gasteiger partial charge in [0.2, 0.25) is 10.0 Å². The normalized spacial score (nSPS) is 20.1. The average Bonchev–Trinajstić information content (AvgIpc) is 2.62. The molecular weight excluding hydrogens is 330 g/mol. The molecule has 0 saturated carbocycles. The van der Waals surface area contributed by atoms with Crippen LogP contribution in [0.5, 0.6) is 0 Å². The summed E-state index contributed by atoms with van der Waals surface area (Å²) in [6, 6.07) is 6.11. The second-order valence-electron chi connectivity index (χ2n) is 6.07. The van der Waals surface area contributed by atoms with Crippen molar-refractivity contribution in [2.75, 3.05) is 39.4 Å². The summed E-state index contributed by atoms with van der Waals surface area (Å²) in [6.45, 7) is 3.85. The van der Waals surface area contributed by atoms with Gasteiger partial charge in [-0.2, -0.15) is 0 Å². The summed E-state index contributed by atoms with van der Waals surface area (Å²) < 4.78 is 32.9. The molecule has 1 amide bonds.